The highest BCUT2D eigenvalue weighted by atomic mass is 19.1. The fraction of sp³-hybridized carbons (Fsp3) is 0.500. The molecule has 0 saturated heterocycles. The summed E-state index contributed by atoms with van der Waals surface area (Å²) in [5.74, 6) is -0.239. The molecule has 1 heterocycles. The minimum absolute atomic E-state index is 0.215. The summed E-state index contributed by atoms with van der Waals surface area (Å²) in [5, 5.41) is 2.83. The molecule has 1 aliphatic carbocycles. The predicted molar refractivity (Wildman–Crippen MR) is 58.5 cm³/mol. The van der Waals surface area contributed by atoms with Crippen molar-refractivity contribution in [2.75, 3.05) is 6.54 Å². The van der Waals surface area contributed by atoms with Gasteiger partial charge in [-0.25, -0.2) is 4.98 Å². The lowest BCUT2D eigenvalue weighted by atomic mass is 10.1. The summed E-state index contributed by atoms with van der Waals surface area (Å²) in [6.45, 7) is 0.697. The monoisotopic (exact) mass is 222 g/mol. The van der Waals surface area contributed by atoms with Gasteiger partial charge in [0.05, 0.1) is 0 Å². The van der Waals surface area contributed by atoms with E-state index in [9.17, 15) is 9.18 Å². The van der Waals surface area contributed by atoms with Crippen molar-refractivity contribution < 1.29 is 9.18 Å². The second-order valence-electron chi connectivity index (χ2n) is 4.23. The van der Waals surface area contributed by atoms with Gasteiger partial charge in [0, 0.05) is 24.4 Å². The number of amides is 1. The van der Waals surface area contributed by atoms with Crippen LogP contribution in [0.5, 0.6) is 0 Å². The Kier molecular flexibility index (Phi) is 3.49. The molecule has 2 rings (SSSR count). The highest BCUT2D eigenvalue weighted by molar-refractivity contribution is 5.93. The Balaban J connectivity index is 1.87. The van der Waals surface area contributed by atoms with E-state index < -0.39 is 5.95 Å². The van der Waals surface area contributed by atoms with Gasteiger partial charge in [-0.05, 0) is 24.8 Å². The number of aromatic nitrogens is 1. The summed E-state index contributed by atoms with van der Waals surface area (Å²) < 4.78 is 12.8. The molecular weight excluding hydrogens is 207 g/mol. The Bertz CT molecular complexity index is 375. The topological polar surface area (TPSA) is 42.0 Å². The zero-order valence-corrected chi connectivity index (χ0v) is 9.08. The highest BCUT2D eigenvalue weighted by Crippen LogP contribution is 2.23. The van der Waals surface area contributed by atoms with Gasteiger partial charge in [0.15, 0.2) is 0 Å². The molecule has 16 heavy (non-hydrogen) atoms. The maximum Gasteiger partial charge on any atom is 0.251 e. The lowest BCUT2D eigenvalue weighted by Gasteiger charge is -2.10. The van der Waals surface area contributed by atoms with Crippen molar-refractivity contribution >= 4 is 5.91 Å². The van der Waals surface area contributed by atoms with Crippen LogP contribution in [-0.2, 0) is 0 Å². The molecule has 1 aromatic heterocycles. The number of halogens is 1. The number of hydrogen-bond donors (Lipinski definition) is 1. The summed E-state index contributed by atoms with van der Waals surface area (Å²) in [6, 6.07) is 2.68. The largest absolute Gasteiger partial charge is 0.352 e. The van der Waals surface area contributed by atoms with Gasteiger partial charge >= 0.3 is 0 Å². The van der Waals surface area contributed by atoms with Crippen LogP contribution in [0.2, 0.25) is 0 Å². The standard InChI is InChI=1S/C12H15FN2O/c13-11-7-10(5-6-14-11)12(16)15-8-9-3-1-2-4-9/h5-7,9H,1-4,8H2,(H,15,16). The van der Waals surface area contributed by atoms with Crippen LogP contribution in [-0.4, -0.2) is 17.4 Å². The smallest absolute Gasteiger partial charge is 0.251 e. The lowest BCUT2D eigenvalue weighted by Crippen LogP contribution is -2.28. The van der Waals surface area contributed by atoms with Crippen LogP contribution in [0.4, 0.5) is 4.39 Å². The fourth-order valence-corrected chi connectivity index (χ4v) is 2.10. The first kappa shape index (κ1) is 11.0. The number of pyridine rings is 1. The Morgan fingerprint density at radius 2 is 2.25 bits per heavy atom. The summed E-state index contributed by atoms with van der Waals surface area (Å²) in [6.07, 6.45) is 6.19. The molecule has 4 heteroatoms. The molecule has 1 aliphatic rings. The molecule has 1 aromatic rings. The van der Waals surface area contributed by atoms with Gasteiger partial charge in [-0.3, -0.25) is 4.79 Å². The van der Waals surface area contributed by atoms with Gasteiger partial charge in [-0.1, -0.05) is 12.8 Å². The average molecular weight is 222 g/mol. The second-order valence-corrected chi connectivity index (χ2v) is 4.23. The van der Waals surface area contributed by atoms with Crippen LogP contribution in [0, 0.1) is 11.9 Å². The van der Waals surface area contributed by atoms with E-state index in [1.54, 1.807) is 0 Å². The molecule has 0 atom stereocenters. The Hall–Kier alpha value is -1.45. The van der Waals surface area contributed by atoms with E-state index >= 15 is 0 Å². The van der Waals surface area contributed by atoms with Gasteiger partial charge in [-0.15, -0.1) is 0 Å². The molecule has 0 spiro atoms. The molecule has 1 fully saturated rings. The summed E-state index contributed by atoms with van der Waals surface area (Å²) >= 11 is 0. The maximum absolute atomic E-state index is 12.8. The molecule has 1 N–H and O–H groups in total. The first-order valence-electron chi connectivity index (χ1n) is 5.65. The molecule has 0 radical (unpaired) electrons. The Morgan fingerprint density at radius 1 is 1.50 bits per heavy atom. The van der Waals surface area contributed by atoms with Crippen LogP contribution in [0.25, 0.3) is 0 Å². The average Bonchev–Trinajstić information content (AvgIpc) is 2.78. The van der Waals surface area contributed by atoms with E-state index in [-0.39, 0.29) is 5.91 Å². The van der Waals surface area contributed by atoms with Gasteiger partial charge in [-0.2, -0.15) is 4.39 Å². The zero-order chi connectivity index (χ0) is 11.4. The number of carbonyl (C=O) groups is 1. The second kappa shape index (κ2) is 5.05. The number of nitrogens with one attached hydrogen (secondary N) is 1. The number of rotatable bonds is 3. The zero-order valence-electron chi connectivity index (χ0n) is 9.08. The molecule has 1 saturated carbocycles. The lowest BCUT2D eigenvalue weighted by molar-refractivity contribution is 0.0946. The van der Waals surface area contributed by atoms with E-state index in [0.717, 1.165) is 6.07 Å². The van der Waals surface area contributed by atoms with Crippen LogP contribution >= 0.6 is 0 Å². The SMILES string of the molecule is O=C(NCC1CCCC1)c1ccnc(F)c1. The summed E-state index contributed by atoms with van der Waals surface area (Å²) in [4.78, 5) is 15.1. The van der Waals surface area contributed by atoms with E-state index in [0.29, 0.717) is 18.0 Å². The number of carbonyl (C=O) groups excluding carboxylic acids is 1. The number of nitrogens with zero attached hydrogens (tertiary/aromatic N) is 1. The van der Waals surface area contributed by atoms with Crippen LogP contribution in [0.1, 0.15) is 36.0 Å². The van der Waals surface area contributed by atoms with Crippen molar-refractivity contribution in [2.45, 2.75) is 25.7 Å². The van der Waals surface area contributed by atoms with Crippen LogP contribution in [0.15, 0.2) is 18.3 Å². The fourth-order valence-electron chi connectivity index (χ4n) is 2.10. The highest BCUT2D eigenvalue weighted by Gasteiger charge is 2.16. The minimum atomic E-state index is -0.617. The van der Waals surface area contributed by atoms with Gasteiger partial charge in [0.2, 0.25) is 5.95 Å². The predicted octanol–water partition coefficient (Wildman–Crippen LogP) is 2.14. The molecule has 0 bridgehead atoms. The third-order valence-electron chi connectivity index (χ3n) is 3.01. The first-order valence-corrected chi connectivity index (χ1v) is 5.65. The van der Waals surface area contributed by atoms with Crippen molar-refractivity contribution in [1.82, 2.24) is 10.3 Å². The molecular formula is C12H15FN2O. The number of hydrogen-bond acceptors (Lipinski definition) is 2. The van der Waals surface area contributed by atoms with E-state index in [1.807, 2.05) is 0 Å². The van der Waals surface area contributed by atoms with Crippen molar-refractivity contribution in [3.63, 3.8) is 0 Å². The molecule has 86 valence electrons. The van der Waals surface area contributed by atoms with E-state index in [1.165, 1.54) is 37.9 Å². The molecule has 0 unspecified atom stereocenters. The quantitative estimate of drug-likeness (QED) is 0.796. The van der Waals surface area contributed by atoms with Crippen molar-refractivity contribution in [1.29, 1.82) is 0 Å². The minimum Gasteiger partial charge on any atom is -0.352 e. The van der Waals surface area contributed by atoms with Gasteiger partial charge in [0.1, 0.15) is 0 Å². The molecule has 0 aliphatic heterocycles. The van der Waals surface area contributed by atoms with E-state index in [2.05, 4.69) is 10.3 Å². The van der Waals surface area contributed by atoms with Gasteiger partial charge < -0.3 is 5.32 Å². The third-order valence-corrected chi connectivity index (χ3v) is 3.01. The van der Waals surface area contributed by atoms with Crippen LogP contribution < -0.4 is 5.32 Å². The van der Waals surface area contributed by atoms with Crippen molar-refractivity contribution in [2.24, 2.45) is 5.92 Å². The normalized spacial score (nSPS) is 16.3. The van der Waals surface area contributed by atoms with E-state index in [4.69, 9.17) is 0 Å². The molecule has 3 nitrogen and oxygen atoms in total. The van der Waals surface area contributed by atoms with Crippen LogP contribution in [0.3, 0.4) is 0 Å². The van der Waals surface area contributed by atoms with Crippen molar-refractivity contribution in [3.05, 3.63) is 29.8 Å². The van der Waals surface area contributed by atoms with Crippen molar-refractivity contribution in [3.8, 4) is 0 Å². The molecule has 0 aromatic carbocycles. The molecule has 1 amide bonds. The first-order chi connectivity index (χ1) is 7.75. The van der Waals surface area contributed by atoms with Gasteiger partial charge in [0.25, 0.3) is 5.91 Å². The Labute approximate surface area is 94.1 Å². The third kappa shape index (κ3) is 2.78. The summed E-state index contributed by atoms with van der Waals surface area (Å²) in [5.41, 5.74) is 0.338. The summed E-state index contributed by atoms with van der Waals surface area (Å²) in [7, 11) is 0. The Morgan fingerprint density at radius 3 is 2.94 bits per heavy atom. The maximum atomic E-state index is 12.8.